The summed E-state index contributed by atoms with van der Waals surface area (Å²) in [6, 6.07) is 7.93. The number of amides is 1. The fraction of sp³-hybridized carbons (Fsp3) is 0.0714. The zero-order valence-corrected chi connectivity index (χ0v) is 10.5. The summed E-state index contributed by atoms with van der Waals surface area (Å²) in [5.41, 5.74) is 3.71. The second-order valence-electron chi connectivity index (χ2n) is 4.17. The molecule has 0 spiro atoms. The van der Waals surface area contributed by atoms with Crippen molar-refractivity contribution in [3.8, 4) is 17.2 Å². The Kier molecular flexibility index (Phi) is 3.75. The van der Waals surface area contributed by atoms with Crippen molar-refractivity contribution in [2.75, 3.05) is 0 Å². The van der Waals surface area contributed by atoms with Gasteiger partial charge in [0, 0.05) is 0 Å². The van der Waals surface area contributed by atoms with E-state index in [1.54, 1.807) is 0 Å². The highest BCUT2D eigenvalue weighted by Gasteiger charge is 2.31. The van der Waals surface area contributed by atoms with Crippen molar-refractivity contribution >= 4 is 5.91 Å². The van der Waals surface area contributed by atoms with Crippen molar-refractivity contribution in [3.63, 3.8) is 0 Å². The number of phenolic OH excluding ortho intramolecular Hbond substituents is 1. The molecule has 1 amide bonds. The smallest absolute Gasteiger partial charge is 0.416 e. The molecular weight excluding hydrogens is 287 g/mol. The van der Waals surface area contributed by atoms with Crippen LogP contribution >= 0.6 is 0 Å². The largest absolute Gasteiger partial charge is 0.508 e. The monoisotopic (exact) mass is 297 g/mol. The van der Waals surface area contributed by atoms with E-state index < -0.39 is 17.6 Å². The van der Waals surface area contributed by atoms with Gasteiger partial charge in [-0.3, -0.25) is 4.79 Å². The number of hydrogen-bond donors (Lipinski definition) is 2. The van der Waals surface area contributed by atoms with Crippen LogP contribution < -0.4 is 10.5 Å². The standard InChI is InChI=1S/C14H10F3NO3/c15-14(16,17)8-1-6-12(11(7-8)13(18)20)21-10-4-2-9(19)3-5-10/h1-7,19H,(H2,18,20). The number of aromatic hydroxyl groups is 1. The number of benzene rings is 2. The molecule has 7 heteroatoms. The Labute approximate surface area is 117 Å². The van der Waals surface area contributed by atoms with Crippen LogP contribution in [0.3, 0.4) is 0 Å². The minimum absolute atomic E-state index is 0.00453. The van der Waals surface area contributed by atoms with E-state index >= 15 is 0 Å². The molecule has 0 aliphatic rings. The van der Waals surface area contributed by atoms with E-state index in [1.807, 2.05) is 0 Å². The highest BCUT2D eigenvalue weighted by Crippen LogP contribution is 2.34. The number of primary amides is 1. The van der Waals surface area contributed by atoms with Crippen molar-refractivity contribution in [1.82, 2.24) is 0 Å². The van der Waals surface area contributed by atoms with Gasteiger partial charge in [0.05, 0.1) is 11.1 Å². The summed E-state index contributed by atoms with van der Waals surface area (Å²) in [6.45, 7) is 0. The third-order valence-corrected chi connectivity index (χ3v) is 2.64. The molecule has 0 atom stereocenters. The number of alkyl halides is 3. The molecule has 2 aromatic carbocycles. The Balaban J connectivity index is 2.39. The average Bonchev–Trinajstić information content (AvgIpc) is 2.40. The lowest BCUT2D eigenvalue weighted by molar-refractivity contribution is -0.137. The molecule has 3 N–H and O–H groups in total. The molecule has 0 saturated carbocycles. The molecule has 4 nitrogen and oxygen atoms in total. The molecule has 0 fully saturated rings. The molecule has 0 radical (unpaired) electrons. The Morgan fingerprint density at radius 1 is 1.10 bits per heavy atom. The molecule has 0 aliphatic carbocycles. The quantitative estimate of drug-likeness (QED) is 0.913. The molecule has 0 aliphatic heterocycles. The van der Waals surface area contributed by atoms with Crippen molar-refractivity contribution in [2.45, 2.75) is 6.18 Å². The van der Waals surface area contributed by atoms with Crippen molar-refractivity contribution in [3.05, 3.63) is 53.6 Å². The molecule has 21 heavy (non-hydrogen) atoms. The fourth-order valence-corrected chi connectivity index (χ4v) is 1.63. The van der Waals surface area contributed by atoms with E-state index in [2.05, 4.69) is 0 Å². The van der Waals surface area contributed by atoms with Gasteiger partial charge in [0.15, 0.2) is 0 Å². The first kappa shape index (κ1) is 14.7. The summed E-state index contributed by atoms with van der Waals surface area (Å²) in [5, 5.41) is 9.14. The maximum atomic E-state index is 12.6. The van der Waals surface area contributed by atoms with Gasteiger partial charge in [0.2, 0.25) is 0 Å². The first-order valence-electron chi connectivity index (χ1n) is 5.75. The van der Waals surface area contributed by atoms with Gasteiger partial charge >= 0.3 is 6.18 Å². The van der Waals surface area contributed by atoms with Crippen molar-refractivity contribution in [2.24, 2.45) is 5.73 Å². The zero-order chi connectivity index (χ0) is 15.6. The molecular formula is C14H10F3NO3. The van der Waals surface area contributed by atoms with Crippen LogP contribution in [0.4, 0.5) is 13.2 Å². The average molecular weight is 297 g/mol. The zero-order valence-electron chi connectivity index (χ0n) is 10.5. The number of halogens is 3. The molecule has 0 heterocycles. The fourth-order valence-electron chi connectivity index (χ4n) is 1.63. The summed E-state index contributed by atoms with van der Waals surface area (Å²) in [4.78, 5) is 11.3. The van der Waals surface area contributed by atoms with Crippen LogP contribution in [0.5, 0.6) is 17.2 Å². The Morgan fingerprint density at radius 3 is 2.24 bits per heavy atom. The number of nitrogens with two attached hydrogens (primary N) is 1. The van der Waals surface area contributed by atoms with E-state index in [1.165, 1.54) is 24.3 Å². The number of rotatable bonds is 3. The third kappa shape index (κ3) is 3.44. The molecule has 2 rings (SSSR count). The Morgan fingerprint density at radius 2 is 1.71 bits per heavy atom. The van der Waals surface area contributed by atoms with E-state index in [9.17, 15) is 18.0 Å². The van der Waals surface area contributed by atoms with Gasteiger partial charge in [-0.15, -0.1) is 0 Å². The number of phenols is 1. The van der Waals surface area contributed by atoms with Gasteiger partial charge in [-0.25, -0.2) is 0 Å². The van der Waals surface area contributed by atoms with Crippen LogP contribution in [0.25, 0.3) is 0 Å². The molecule has 110 valence electrons. The number of carbonyl (C=O) groups excluding carboxylic acids is 1. The van der Waals surface area contributed by atoms with Crippen LogP contribution in [0.2, 0.25) is 0 Å². The predicted octanol–water partition coefficient (Wildman–Crippen LogP) is 3.30. The van der Waals surface area contributed by atoms with Gasteiger partial charge in [0.1, 0.15) is 17.2 Å². The maximum Gasteiger partial charge on any atom is 0.416 e. The lowest BCUT2D eigenvalue weighted by atomic mass is 10.1. The Hall–Kier alpha value is -2.70. The number of carbonyl (C=O) groups is 1. The SMILES string of the molecule is NC(=O)c1cc(C(F)(F)F)ccc1Oc1ccc(O)cc1. The van der Waals surface area contributed by atoms with E-state index in [-0.39, 0.29) is 22.8 Å². The van der Waals surface area contributed by atoms with E-state index in [0.29, 0.717) is 6.07 Å². The lowest BCUT2D eigenvalue weighted by Gasteiger charge is -2.12. The van der Waals surface area contributed by atoms with Crippen LogP contribution in [-0.4, -0.2) is 11.0 Å². The minimum atomic E-state index is -4.58. The maximum absolute atomic E-state index is 12.6. The number of ether oxygens (including phenoxy) is 1. The summed E-state index contributed by atoms with van der Waals surface area (Å²) in [6.07, 6.45) is -4.58. The second kappa shape index (κ2) is 5.35. The van der Waals surface area contributed by atoms with Crippen LogP contribution in [0.1, 0.15) is 15.9 Å². The van der Waals surface area contributed by atoms with Gasteiger partial charge in [-0.1, -0.05) is 0 Å². The molecule has 0 aromatic heterocycles. The highest BCUT2D eigenvalue weighted by molar-refractivity contribution is 5.96. The van der Waals surface area contributed by atoms with Crippen molar-refractivity contribution < 1.29 is 27.8 Å². The molecule has 0 unspecified atom stereocenters. The highest BCUT2D eigenvalue weighted by atomic mass is 19.4. The van der Waals surface area contributed by atoms with Crippen LogP contribution in [0.15, 0.2) is 42.5 Å². The summed E-state index contributed by atoms with van der Waals surface area (Å²) >= 11 is 0. The van der Waals surface area contributed by atoms with Gasteiger partial charge in [0.25, 0.3) is 5.91 Å². The second-order valence-corrected chi connectivity index (χ2v) is 4.17. The minimum Gasteiger partial charge on any atom is -0.508 e. The predicted molar refractivity (Wildman–Crippen MR) is 68.1 cm³/mol. The lowest BCUT2D eigenvalue weighted by Crippen LogP contribution is -2.14. The summed E-state index contributed by atoms with van der Waals surface area (Å²) in [7, 11) is 0. The first-order valence-corrected chi connectivity index (χ1v) is 5.75. The summed E-state index contributed by atoms with van der Waals surface area (Å²) in [5.74, 6) is -0.879. The van der Waals surface area contributed by atoms with Crippen LogP contribution in [0, 0.1) is 0 Å². The van der Waals surface area contributed by atoms with Gasteiger partial charge in [-0.05, 0) is 42.5 Å². The molecule has 2 aromatic rings. The first-order chi connectivity index (χ1) is 9.77. The number of hydrogen-bond acceptors (Lipinski definition) is 3. The summed E-state index contributed by atoms with van der Waals surface area (Å²) < 4.78 is 43.2. The topological polar surface area (TPSA) is 72.6 Å². The van der Waals surface area contributed by atoms with Crippen molar-refractivity contribution in [1.29, 1.82) is 0 Å². The van der Waals surface area contributed by atoms with Gasteiger partial charge < -0.3 is 15.6 Å². The Bertz CT molecular complexity index is 666. The third-order valence-electron chi connectivity index (χ3n) is 2.64. The van der Waals surface area contributed by atoms with Gasteiger partial charge in [-0.2, -0.15) is 13.2 Å². The van der Waals surface area contributed by atoms with Crippen LogP contribution in [-0.2, 0) is 6.18 Å². The molecule has 0 saturated heterocycles. The normalized spacial score (nSPS) is 11.2. The molecule has 0 bridgehead atoms. The van der Waals surface area contributed by atoms with E-state index in [4.69, 9.17) is 15.6 Å². The van der Waals surface area contributed by atoms with E-state index in [0.717, 1.165) is 12.1 Å².